The zero-order chi connectivity index (χ0) is 22.8. The van der Waals surface area contributed by atoms with E-state index < -0.39 is 0 Å². The van der Waals surface area contributed by atoms with E-state index in [1.165, 1.54) is 5.56 Å². The van der Waals surface area contributed by atoms with Gasteiger partial charge in [-0.15, -0.1) is 0 Å². The third kappa shape index (κ3) is 4.47. The van der Waals surface area contributed by atoms with Gasteiger partial charge in [-0.2, -0.15) is 0 Å². The van der Waals surface area contributed by atoms with Crippen LogP contribution in [0.5, 0.6) is 5.75 Å². The number of hydrogen-bond acceptors (Lipinski definition) is 3. The molecule has 166 valence electrons. The van der Waals surface area contributed by atoms with Gasteiger partial charge in [-0.3, -0.25) is 9.59 Å². The number of hydrogen-bond donors (Lipinski definition) is 1. The Bertz CT molecular complexity index is 1200. The number of carbonyl (C=O) groups excluding carboxylic acids is 2. The first-order valence-electron chi connectivity index (χ1n) is 11.4. The number of rotatable bonds is 5. The van der Waals surface area contributed by atoms with Gasteiger partial charge in [0.15, 0.2) is 0 Å². The molecule has 2 aliphatic rings. The van der Waals surface area contributed by atoms with E-state index in [1.54, 1.807) is 0 Å². The normalized spacial score (nSPS) is 22.2. The highest BCUT2D eigenvalue weighted by Crippen LogP contribution is 2.45. The first kappa shape index (κ1) is 21.2. The van der Waals surface area contributed by atoms with Crippen molar-refractivity contribution in [3.63, 3.8) is 0 Å². The predicted octanol–water partition coefficient (Wildman–Crippen LogP) is 5.43. The van der Waals surface area contributed by atoms with Crippen LogP contribution < -0.4 is 10.1 Å². The number of fused-ring (bicyclic) bond motifs is 1. The molecular weight excluding hydrogens is 410 g/mol. The van der Waals surface area contributed by atoms with Crippen LogP contribution in [-0.2, 0) is 16.2 Å². The molecule has 0 unspecified atom stereocenters. The summed E-state index contributed by atoms with van der Waals surface area (Å²) in [5, 5.41) is 3.00. The predicted molar refractivity (Wildman–Crippen MR) is 128 cm³/mol. The van der Waals surface area contributed by atoms with Gasteiger partial charge in [0, 0.05) is 30.4 Å². The Labute approximate surface area is 194 Å². The SMILES string of the molecule is Cc1ccc([C@@H]2C=C3NC(=O)C[C@@H](c4ccccc4OCc4ccccc4)[C@@H]3C(=O)C2)cc1. The van der Waals surface area contributed by atoms with E-state index in [9.17, 15) is 9.59 Å². The second-order valence-electron chi connectivity index (χ2n) is 8.96. The molecule has 1 N–H and O–H groups in total. The van der Waals surface area contributed by atoms with Gasteiger partial charge < -0.3 is 10.1 Å². The fraction of sp³-hybridized carbons (Fsp3) is 0.241. The number of piperidine rings is 1. The molecule has 1 heterocycles. The summed E-state index contributed by atoms with van der Waals surface area (Å²) in [6, 6.07) is 26.0. The van der Waals surface area contributed by atoms with Gasteiger partial charge in [0.25, 0.3) is 0 Å². The van der Waals surface area contributed by atoms with Gasteiger partial charge in [0.1, 0.15) is 18.1 Å². The van der Waals surface area contributed by atoms with Crippen LogP contribution in [0.4, 0.5) is 0 Å². The number of carbonyl (C=O) groups is 2. The quantitative estimate of drug-likeness (QED) is 0.579. The molecule has 1 saturated heterocycles. The maximum Gasteiger partial charge on any atom is 0.224 e. The maximum atomic E-state index is 13.4. The van der Waals surface area contributed by atoms with Crippen LogP contribution in [0.1, 0.15) is 46.9 Å². The zero-order valence-electron chi connectivity index (χ0n) is 18.7. The fourth-order valence-corrected chi connectivity index (χ4v) is 4.96. The summed E-state index contributed by atoms with van der Waals surface area (Å²) < 4.78 is 6.17. The van der Waals surface area contributed by atoms with Gasteiger partial charge >= 0.3 is 0 Å². The number of benzene rings is 3. The molecule has 1 aliphatic heterocycles. The van der Waals surface area contributed by atoms with Crippen LogP contribution in [0, 0.1) is 12.8 Å². The molecule has 0 aromatic heterocycles. The van der Waals surface area contributed by atoms with Crippen molar-refractivity contribution in [2.24, 2.45) is 5.92 Å². The molecule has 1 amide bonds. The number of allylic oxidation sites excluding steroid dienone is 2. The summed E-state index contributed by atoms with van der Waals surface area (Å²) in [4.78, 5) is 26.1. The minimum atomic E-state index is -0.356. The fourth-order valence-electron chi connectivity index (χ4n) is 4.96. The monoisotopic (exact) mass is 437 g/mol. The smallest absolute Gasteiger partial charge is 0.224 e. The van der Waals surface area contributed by atoms with Crippen molar-refractivity contribution in [1.82, 2.24) is 5.32 Å². The van der Waals surface area contributed by atoms with Gasteiger partial charge in [-0.05, 0) is 29.7 Å². The largest absolute Gasteiger partial charge is 0.489 e. The number of nitrogens with one attached hydrogen (secondary N) is 1. The molecule has 4 nitrogen and oxygen atoms in total. The Morgan fingerprint density at radius 1 is 0.879 bits per heavy atom. The van der Waals surface area contributed by atoms with Gasteiger partial charge in [-0.1, -0.05) is 84.4 Å². The Morgan fingerprint density at radius 2 is 1.61 bits per heavy atom. The third-order valence-corrected chi connectivity index (χ3v) is 6.64. The van der Waals surface area contributed by atoms with Crippen molar-refractivity contribution in [3.8, 4) is 5.75 Å². The topological polar surface area (TPSA) is 55.4 Å². The van der Waals surface area contributed by atoms with E-state index in [0.29, 0.717) is 13.0 Å². The van der Waals surface area contributed by atoms with E-state index in [2.05, 4.69) is 35.7 Å². The number of aryl methyl sites for hydroxylation is 1. The third-order valence-electron chi connectivity index (χ3n) is 6.64. The molecule has 3 atom stereocenters. The average molecular weight is 438 g/mol. The summed E-state index contributed by atoms with van der Waals surface area (Å²) in [5.41, 5.74) is 5.01. The molecule has 0 saturated carbocycles. The van der Waals surface area contributed by atoms with Crippen LogP contribution in [0.15, 0.2) is 90.6 Å². The molecule has 0 radical (unpaired) electrons. The van der Waals surface area contributed by atoms with Crippen molar-refractivity contribution >= 4 is 11.7 Å². The Kier molecular flexibility index (Phi) is 5.82. The number of para-hydroxylation sites is 1. The van der Waals surface area contributed by atoms with E-state index in [-0.39, 0.29) is 35.9 Å². The highest BCUT2D eigenvalue weighted by Gasteiger charge is 2.42. The van der Waals surface area contributed by atoms with Crippen molar-refractivity contribution in [2.45, 2.75) is 38.2 Å². The number of ether oxygens (including phenoxy) is 1. The molecule has 3 aromatic carbocycles. The van der Waals surface area contributed by atoms with E-state index in [0.717, 1.165) is 28.1 Å². The lowest BCUT2D eigenvalue weighted by Gasteiger charge is -2.37. The van der Waals surface area contributed by atoms with Crippen LogP contribution in [0.25, 0.3) is 0 Å². The minimum Gasteiger partial charge on any atom is -0.489 e. The van der Waals surface area contributed by atoms with Gasteiger partial charge in [0.05, 0.1) is 5.92 Å². The highest BCUT2D eigenvalue weighted by molar-refractivity contribution is 5.92. The lowest BCUT2D eigenvalue weighted by atomic mass is 9.70. The van der Waals surface area contributed by atoms with Crippen molar-refractivity contribution in [1.29, 1.82) is 0 Å². The van der Waals surface area contributed by atoms with Crippen LogP contribution in [0.3, 0.4) is 0 Å². The average Bonchev–Trinajstić information content (AvgIpc) is 2.83. The molecule has 3 aromatic rings. The summed E-state index contributed by atoms with van der Waals surface area (Å²) in [6.07, 6.45) is 2.79. The molecule has 5 rings (SSSR count). The standard InChI is InChI=1S/C29H27NO3/c1-19-11-13-21(14-12-19)22-15-25-29(26(31)16-22)24(17-28(32)30-25)23-9-5-6-10-27(23)33-18-20-7-3-2-4-8-20/h2-15,22,24,29H,16-18H2,1H3,(H,30,32)/t22-,24+,29+/m1/s1. The number of amides is 1. The van der Waals surface area contributed by atoms with E-state index in [4.69, 9.17) is 4.74 Å². The molecule has 0 bridgehead atoms. The first-order chi connectivity index (χ1) is 16.1. The second-order valence-corrected chi connectivity index (χ2v) is 8.96. The first-order valence-corrected chi connectivity index (χ1v) is 11.4. The van der Waals surface area contributed by atoms with Crippen LogP contribution in [-0.4, -0.2) is 11.7 Å². The Morgan fingerprint density at radius 3 is 2.39 bits per heavy atom. The van der Waals surface area contributed by atoms with Crippen LogP contribution >= 0.6 is 0 Å². The highest BCUT2D eigenvalue weighted by atomic mass is 16.5. The zero-order valence-corrected chi connectivity index (χ0v) is 18.7. The second kappa shape index (κ2) is 9.07. The molecule has 1 aliphatic carbocycles. The van der Waals surface area contributed by atoms with Gasteiger partial charge in [-0.25, -0.2) is 0 Å². The summed E-state index contributed by atoms with van der Waals surface area (Å²) in [5.74, 6) is 0.231. The van der Waals surface area contributed by atoms with Crippen molar-refractivity contribution < 1.29 is 14.3 Å². The lowest BCUT2D eigenvalue weighted by Crippen LogP contribution is -2.43. The molecule has 0 spiro atoms. The van der Waals surface area contributed by atoms with Crippen molar-refractivity contribution in [3.05, 3.63) is 113 Å². The van der Waals surface area contributed by atoms with E-state index >= 15 is 0 Å². The molecule has 33 heavy (non-hydrogen) atoms. The van der Waals surface area contributed by atoms with Gasteiger partial charge in [0.2, 0.25) is 5.91 Å². The number of Topliss-reactive ketones (excluding diaryl/α,β-unsaturated/α-hetero) is 1. The lowest BCUT2D eigenvalue weighted by molar-refractivity contribution is -0.127. The molecule has 4 heteroatoms. The van der Waals surface area contributed by atoms with E-state index in [1.807, 2.05) is 61.5 Å². The summed E-state index contributed by atoms with van der Waals surface area (Å²) in [6.45, 7) is 2.49. The summed E-state index contributed by atoms with van der Waals surface area (Å²) in [7, 11) is 0. The van der Waals surface area contributed by atoms with Crippen LogP contribution in [0.2, 0.25) is 0 Å². The molecule has 1 fully saturated rings. The van der Waals surface area contributed by atoms with Crippen molar-refractivity contribution in [2.75, 3.05) is 0 Å². The number of ketones is 1. The Balaban J connectivity index is 1.45. The minimum absolute atomic E-state index is 0.0204. The summed E-state index contributed by atoms with van der Waals surface area (Å²) >= 11 is 0. The molecular formula is C29H27NO3. The Hall–Kier alpha value is -3.66. The maximum absolute atomic E-state index is 13.4.